The van der Waals surface area contributed by atoms with E-state index in [4.69, 9.17) is 9.84 Å². The van der Waals surface area contributed by atoms with Gasteiger partial charge in [-0.15, -0.1) is 0 Å². The number of aliphatic carboxylic acids is 1. The highest BCUT2D eigenvalue weighted by molar-refractivity contribution is 5.86. The molecule has 0 aliphatic carbocycles. The molecule has 0 aromatic carbocycles. The Balaban J connectivity index is 0. The van der Waals surface area contributed by atoms with Crippen molar-refractivity contribution in [3.63, 3.8) is 0 Å². The first-order valence-corrected chi connectivity index (χ1v) is 11.4. The van der Waals surface area contributed by atoms with Gasteiger partial charge in [0.05, 0.1) is 6.61 Å². The Morgan fingerprint density at radius 3 is 1.84 bits per heavy atom. The third-order valence-corrected chi connectivity index (χ3v) is 4.58. The molecule has 1 N–H and O–H groups in total. The molecule has 0 spiro atoms. The normalized spacial score (nSPS) is 12.1. The molecule has 0 atom stereocenters. The minimum absolute atomic E-state index is 0.208. The number of unbranched alkanes of at least 4 members (excludes halogenated alkanes) is 9. The summed E-state index contributed by atoms with van der Waals surface area (Å²) < 4.78 is 5.04. The van der Waals surface area contributed by atoms with Gasteiger partial charge in [-0.3, -0.25) is 4.79 Å². The van der Waals surface area contributed by atoms with Crippen LogP contribution in [0.3, 0.4) is 0 Å². The molecule has 1 heterocycles. The van der Waals surface area contributed by atoms with E-state index < -0.39 is 5.97 Å². The molecule has 31 heavy (non-hydrogen) atoms. The Labute approximate surface area is 189 Å². The second-order valence-corrected chi connectivity index (χ2v) is 7.51. The molecule has 0 unspecified atom stereocenters. The summed E-state index contributed by atoms with van der Waals surface area (Å²) in [5.74, 6) is -1.03. The highest BCUT2D eigenvalue weighted by atomic mass is 16.5. The molecule has 1 rings (SSSR count). The van der Waals surface area contributed by atoms with Crippen molar-refractivity contribution in [1.29, 1.82) is 0 Å². The topological polar surface area (TPSA) is 83.9 Å². The zero-order chi connectivity index (χ0) is 23.9. The molecule has 1 fully saturated rings. The third kappa shape index (κ3) is 22.1. The van der Waals surface area contributed by atoms with Crippen LogP contribution in [0.4, 0.5) is 0 Å². The Hall–Kier alpha value is -2.37. The molecule has 0 saturated carbocycles. The molecular weight excluding hydrogens is 394 g/mol. The van der Waals surface area contributed by atoms with Crippen LogP contribution in [0.1, 0.15) is 90.9 Å². The fourth-order valence-corrected chi connectivity index (χ4v) is 2.74. The zero-order valence-corrected chi connectivity index (χ0v) is 19.7. The number of carboxylic acids is 1. The number of rotatable bonds is 14. The number of hydrogen-bond acceptors (Lipinski definition) is 4. The first-order chi connectivity index (χ1) is 14.8. The average Bonchev–Trinajstić information content (AvgIpc) is 3.17. The van der Waals surface area contributed by atoms with E-state index in [9.17, 15) is 14.4 Å². The number of hydrogen-bond donors (Lipinski definition) is 1. The quantitative estimate of drug-likeness (QED) is 0.204. The van der Waals surface area contributed by atoms with Gasteiger partial charge in [-0.2, -0.15) is 0 Å². The van der Waals surface area contributed by atoms with Crippen LogP contribution in [0.25, 0.3) is 0 Å². The van der Waals surface area contributed by atoms with Crippen molar-refractivity contribution in [3.8, 4) is 0 Å². The zero-order valence-electron chi connectivity index (χ0n) is 19.7. The van der Waals surface area contributed by atoms with Crippen LogP contribution < -0.4 is 0 Å². The summed E-state index contributed by atoms with van der Waals surface area (Å²) in [7, 11) is 0. The summed E-state index contributed by atoms with van der Waals surface area (Å²) in [6, 6.07) is 0. The average molecular weight is 438 g/mol. The summed E-state index contributed by atoms with van der Waals surface area (Å²) in [5, 5.41) is 7.60. The first-order valence-electron chi connectivity index (χ1n) is 11.4. The monoisotopic (exact) mass is 437 g/mol. The molecule has 0 radical (unpaired) electrons. The van der Waals surface area contributed by atoms with Crippen LogP contribution in [-0.2, 0) is 19.1 Å². The van der Waals surface area contributed by atoms with Crippen LogP contribution >= 0.6 is 0 Å². The number of carbonyl (C=O) groups excluding carboxylic acids is 2. The van der Waals surface area contributed by atoms with Gasteiger partial charge in [0.2, 0.25) is 5.91 Å². The maximum absolute atomic E-state index is 11.1. The van der Waals surface area contributed by atoms with Crippen molar-refractivity contribution < 1.29 is 24.2 Å². The molecule has 0 bridgehead atoms. The largest absolute Gasteiger partial charge is 0.478 e. The van der Waals surface area contributed by atoms with Gasteiger partial charge in [-0.05, 0) is 26.0 Å². The number of esters is 1. The molecule has 6 heteroatoms. The Bertz CT molecular complexity index is 542. The Kier molecular flexibility index (Phi) is 22.2. The van der Waals surface area contributed by atoms with Crippen molar-refractivity contribution in [2.24, 2.45) is 0 Å². The maximum atomic E-state index is 11.1. The highest BCUT2D eigenvalue weighted by Gasteiger charge is 2.16. The third-order valence-electron chi connectivity index (χ3n) is 4.58. The molecule has 1 saturated heterocycles. The van der Waals surface area contributed by atoms with Gasteiger partial charge in [0.25, 0.3) is 0 Å². The number of carbonyl (C=O) groups is 3. The molecular formula is C25H43NO5. The lowest BCUT2D eigenvalue weighted by Gasteiger charge is -2.05. The minimum atomic E-state index is -0.981. The van der Waals surface area contributed by atoms with E-state index in [0.717, 1.165) is 25.5 Å². The van der Waals surface area contributed by atoms with E-state index >= 15 is 0 Å². The number of amides is 1. The smallest absolute Gasteiger partial charge is 0.333 e. The fraction of sp³-hybridized carbons (Fsp3) is 0.640. The van der Waals surface area contributed by atoms with Gasteiger partial charge in [-0.1, -0.05) is 84.4 Å². The van der Waals surface area contributed by atoms with Crippen molar-refractivity contribution in [2.75, 3.05) is 13.2 Å². The van der Waals surface area contributed by atoms with Crippen LogP contribution in [0, 0.1) is 0 Å². The Morgan fingerprint density at radius 1 is 1.03 bits per heavy atom. The van der Waals surface area contributed by atoms with E-state index in [-0.39, 0.29) is 11.9 Å². The van der Waals surface area contributed by atoms with Crippen LogP contribution in [-0.4, -0.2) is 41.0 Å². The molecule has 178 valence electrons. The number of nitrogens with zero attached hydrogens (tertiary/aromatic N) is 1. The molecule has 1 aliphatic rings. The molecule has 0 aromatic rings. The molecule has 6 nitrogen and oxygen atoms in total. The summed E-state index contributed by atoms with van der Waals surface area (Å²) in [6.45, 7) is 15.3. The van der Waals surface area contributed by atoms with E-state index in [1.54, 1.807) is 18.0 Å². The van der Waals surface area contributed by atoms with Gasteiger partial charge < -0.3 is 14.7 Å². The molecule has 1 aliphatic heterocycles. The lowest BCUT2D eigenvalue weighted by Crippen LogP contribution is -2.16. The van der Waals surface area contributed by atoms with E-state index in [0.29, 0.717) is 18.6 Å². The standard InChI is InChI=1S/C16H30O2.C6H9NO.C3H4O2/c1-4-5-6-7-8-9-10-11-12-13-14-18-16(17)15(2)3;1-2-7-5-3-4-6(7)8;1-2-3(4)5/h2,4-14H2,1,3H3;2H,1,3-5H2;2H,1H2,(H,4,5). The summed E-state index contributed by atoms with van der Waals surface area (Å²) in [6.07, 6.45) is 17.1. The number of likely N-dealkylation sites (tertiary alicyclic amines) is 1. The molecule has 0 aromatic heterocycles. The van der Waals surface area contributed by atoms with Crippen molar-refractivity contribution in [1.82, 2.24) is 4.90 Å². The van der Waals surface area contributed by atoms with E-state index in [1.807, 2.05) is 0 Å². The van der Waals surface area contributed by atoms with Crippen molar-refractivity contribution >= 4 is 17.8 Å². The van der Waals surface area contributed by atoms with Gasteiger partial charge in [0, 0.05) is 24.6 Å². The predicted octanol–water partition coefficient (Wildman–Crippen LogP) is 6.04. The summed E-state index contributed by atoms with van der Waals surface area (Å²) in [5.41, 5.74) is 0.488. The summed E-state index contributed by atoms with van der Waals surface area (Å²) >= 11 is 0. The summed E-state index contributed by atoms with van der Waals surface area (Å²) in [4.78, 5) is 32.6. The highest BCUT2D eigenvalue weighted by Crippen LogP contribution is 2.10. The van der Waals surface area contributed by atoms with Crippen LogP contribution in [0.5, 0.6) is 0 Å². The SMILES string of the molecule is C=C(C)C(=O)OCCCCCCCCCCCC.C=CC(=O)O.C=CN1CCCC1=O. The minimum Gasteiger partial charge on any atom is -0.478 e. The van der Waals surface area contributed by atoms with Crippen LogP contribution in [0.15, 0.2) is 37.6 Å². The lowest BCUT2D eigenvalue weighted by atomic mass is 10.1. The predicted molar refractivity (Wildman–Crippen MR) is 127 cm³/mol. The van der Waals surface area contributed by atoms with Crippen molar-refractivity contribution in [2.45, 2.75) is 90.9 Å². The van der Waals surface area contributed by atoms with Gasteiger partial charge in [0.1, 0.15) is 0 Å². The van der Waals surface area contributed by atoms with Crippen molar-refractivity contribution in [3.05, 3.63) is 37.6 Å². The van der Waals surface area contributed by atoms with E-state index in [2.05, 4.69) is 26.7 Å². The lowest BCUT2D eigenvalue weighted by molar-refractivity contribution is -0.139. The second kappa shape index (κ2) is 22.3. The van der Waals surface area contributed by atoms with Gasteiger partial charge in [0.15, 0.2) is 0 Å². The van der Waals surface area contributed by atoms with Gasteiger partial charge in [-0.25, -0.2) is 9.59 Å². The Morgan fingerprint density at radius 2 is 1.52 bits per heavy atom. The number of ether oxygens (including phenoxy) is 1. The second-order valence-electron chi connectivity index (χ2n) is 7.51. The van der Waals surface area contributed by atoms with Crippen LogP contribution in [0.2, 0.25) is 0 Å². The first kappa shape index (κ1) is 30.8. The number of carboxylic acid groups (broad SMARTS) is 1. The maximum Gasteiger partial charge on any atom is 0.333 e. The van der Waals surface area contributed by atoms with Gasteiger partial charge >= 0.3 is 11.9 Å². The van der Waals surface area contributed by atoms with E-state index in [1.165, 1.54) is 57.8 Å². The molecule has 1 amide bonds. The fourth-order valence-electron chi connectivity index (χ4n) is 2.74.